The molecule has 1 N–H and O–H groups in total. The zero-order valence-electron chi connectivity index (χ0n) is 11.5. The minimum atomic E-state index is -0.936. The van der Waals surface area contributed by atoms with Gasteiger partial charge in [0.1, 0.15) is 11.5 Å². The molecule has 1 aliphatic heterocycles. The Bertz CT molecular complexity index is 667. The molecule has 2 heterocycles. The molecule has 21 heavy (non-hydrogen) atoms. The third-order valence-corrected chi connectivity index (χ3v) is 4.43. The Hall–Kier alpha value is -2.08. The molecular weight excluding hydrogens is 290 g/mol. The van der Waals surface area contributed by atoms with Crippen LogP contribution in [0.25, 0.3) is 0 Å². The van der Waals surface area contributed by atoms with Crippen molar-refractivity contribution in [1.82, 2.24) is 4.98 Å². The number of rotatable bonds is 5. The first-order valence-corrected chi connectivity index (χ1v) is 7.55. The molecule has 5 nitrogen and oxygen atoms in total. The number of carbonyl (C=O) groups is 1. The molecule has 1 aromatic heterocycles. The summed E-state index contributed by atoms with van der Waals surface area (Å²) in [4.78, 5) is 16.4. The lowest BCUT2D eigenvalue weighted by Gasteiger charge is -2.08. The highest BCUT2D eigenvalue weighted by molar-refractivity contribution is 7.09. The monoisotopic (exact) mass is 305 g/mol. The van der Waals surface area contributed by atoms with Crippen LogP contribution in [0.3, 0.4) is 0 Å². The van der Waals surface area contributed by atoms with E-state index >= 15 is 0 Å². The molecule has 1 aliphatic rings. The number of aryl methyl sites for hydroxylation is 1. The van der Waals surface area contributed by atoms with Crippen molar-refractivity contribution in [1.29, 1.82) is 0 Å². The first kappa shape index (κ1) is 13.9. The molecular formula is C15H15NO4S. The van der Waals surface area contributed by atoms with Crippen LogP contribution in [-0.2, 0) is 17.6 Å². The number of fused-ring (bicyclic) bond motifs is 1. The van der Waals surface area contributed by atoms with Gasteiger partial charge >= 0.3 is 5.97 Å². The van der Waals surface area contributed by atoms with Crippen LogP contribution < -0.4 is 9.47 Å². The maximum atomic E-state index is 10.9. The first-order valence-electron chi connectivity index (χ1n) is 6.67. The van der Waals surface area contributed by atoms with E-state index in [1.54, 1.807) is 17.4 Å². The van der Waals surface area contributed by atoms with Crippen LogP contribution in [0.15, 0.2) is 23.7 Å². The topological polar surface area (TPSA) is 68.7 Å². The van der Waals surface area contributed by atoms with E-state index in [0.29, 0.717) is 24.5 Å². The molecule has 2 aromatic rings. The highest BCUT2D eigenvalue weighted by Crippen LogP contribution is 2.32. The molecule has 0 amide bonds. The number of hydrogen-bond donors (Lipinski definition) is 1. The van der Waals surface area contributed by atoms with Crippen LogP contribution in [0.2, 0.25) is 0 Å². The van der Waals surface area contributed by atoms with E-state index in [1.807, 2.05) is 24.6 Å². The van der Waals surface area contributed by atoms with E-state index in [9.17, 15) is 4.79 Å². The van der Waals surface area contributed by atoms with Gasteiger partial charge in [-0.25, -0.2) is 9.78 Å². The van der Waals surface area contributed by atoms with Crippen molar-refractivity contribution in [2.24, 2.45) is 0 Å². The molecule has 0 aliphatic carbocycles. The zero-order chi connectivity index (χ0) is 14.8. The van der Waals surface area contributed by atoms with Crippen LogP contribution in [0.4, 0.5) is 0 Å². The number of hydrogen-bond acceptors (Lipinski definition) is 5. The van der Waals surface area contributed by atoms with Crippen molar-refractivity contribution in [3.63, 3.8) is 0 Å². The van der Waals surface area contributed by atoms with Crippen LogP contribution in [0.5, 0.6) is 11.5 Å². The summed E-state index contributed by atoms with van der Waals surface area (Å²) in [6.07, 6.45) is 0.437. The SMILES string of the molecule is Cc1ncsc1CCOc1ccc2c(c1)OC(C(=O)O)C2. The third kappa shape index (κ3) is 3.00. The van der Waals surface area contributed by atoms with Crippen LogP contribution in [-0.4, -0.2) is 28.8 Å². The van der Waals surface area contributed by atoms with Gasteiger partial charge in [0.25, 0.3) is 0 Å². The van der Waals surface area contributed by atoms with E-state index in [0.717, 1.165) is 17.7 Å². The second-order valence-electron chi connectivity index (χ2n) is 4.88. The fourth-order valence-corrected chi connectivity index (χ4v) is 3.03. The third-order valence-electron chi connectivity index (χ3n) is 3.43. The summed E-state index contributed by atoms with van der Waals surface area (Å²) < 4.78 is 11.1. The van der Waals surface area contributed by atoms with Gasteiger partial charge in [0, 0.05) is 23.8 Å². The predicted molar refractivity (Wildman–Crippen MR) is 78.2 cm³/mol. The van der Waals surface area contributed by atoms with Gasteiger partial charge < -0.3 is 14.6 Å². The average Bonchev–Trinajstić information content (AvgIpc) is 3.05. The zero-order valence-corrected chi connectivity index (χ0v) is 12.4. The Morgan fingerprint density at radius 1 is 1.57 bits per heavy atom. The lowest BCUT2D eigenvalue weighted by atomic mass is 10.1. The molecule has 110 valence electrons. The number of carboxylic acids is 1. The van der Waals surface area contributed by atoms with Crippen molar-refractivity contribution in [2.45, 2.75) is 25.9 Å². The Balaban J connectivity index is 1.60. The molecule has 1 atom stereocenters. The van der Waals surface area contributed by atoms with E-state index in [2.05, 4.69) is 4.98 Å². The Morgan fingerprint density at radius 2 is 2.43 bits per heavy atom. The second kappa shape index (κ2) is 5.73. The summed E-state index contributed by atoms with van der Waals surface area (Å²) in [7, 11) is 0. The summed E-state index contributed by atoms with van der Waals surface area (Å²) in [6.45, 7) is 2.55. The standard InChI is InChI=1S/C15H15NO4S/c1-9-14(21-8-16-9)4-5-19-11-3-2-10-6-13(15(17)18)20-12(10)7-11/h2-3,7-8,13H,4-6H2,1H3,(H,17,18). The average molecular weight is 305 g/mol. The van der Waals surface area contributed by atoms with Crippen molar-refractivity contribution >= 4 is 17.3 Å². The van der Waals surface area contributed by atoms with E-state index in [-0.39, 0.29) is 0 Å². The molecule has 1 aromatic carbocycles. The van der Waals surface area contributed by atoms with Gasteiger partial charge in [0.05, 0.1) is 17.8 Å². The Kier molecular flexibility index (Phi) is 3.79. The van der Waals surface area contributed by atoms with Gasteiger partial charge in [-0.1, -0.05) is 6.07 Å². The lowest BCUT2D eigenvalue weighted by molar-refractivity contribution is -0.144. The highest BCUT2D eigenvalue weighted by Gasteiger charge is 2.28. The minimum absolute atomic E-state index is 0.408. The largest absolute Gasteiger partial charge is 0.493 e. The first-order chi connectivity index (χ1) is 10.1. The highest BCUT2D eigenvalue weighted by atomic mass is 32.1. The van der Waals surface area contributed by atoms with Crippen molar-refractivity contribution in [2.75, 3.05) is 6.61 Å². The van der Waals surface area contributed by atoms with Gasteiger partial charge in [-0.05, 0) is 18.6 Å². The molecule has 0 saturated heterocycles. The fourth-order valence-electron chi connectivity index (χ4n) is 2.26. The van der Waals surface area contributed by atoms with E-state index in [4.69, 9.17) is 14.6 Å². The van der Waals surface area contributed by atoms with Gasteiger partial charge in [0.2, 0.25) is 0 Å². The van der Waals surface area contributed by atoms with Crippen molar-refractivity contribution in [3.05, 3.63) is 39.8 Å². The van der Waals surface area contributed by atoms with Crippen molar-refractivity contribution in [3.8, 4) is 11.5 Å². The summed E-state index contributed by atoms with van der Waals surface area (Å²) >= 11 is 1.63. The number of ether oxygens (including phenoxy) is 2. The quantitative estimate of drug-likeness (QED) is 0.919. The summed E-state index contributed by atoms with van der Waals surface area (Å²) in [5, 5.41) is 8.97. The predicted octanol–water partition coefficient (Wildman–Crippen LogP) is 2.46. The minimum Gasteiger partial charge on any atom is -0.493 e. The van der Waals surface area contributed by atoms with Gasteiger partial charge in [-0.3, -0.25) is 0 Å². The van der Waals surface area contributed by atoms with E-state index < -0.39 is 12.1 Å². The molecule has 0 spiro atoms. The maximum Gasteiger partial charge on any atom is 0.345 e. The molecule has 0 fully saturated rings. The molecule has 0 saturated carbocycles. The summed E-state index contributed by atoms with van der Waals surface area (Å²) in [5.41, 5.74) is 3.79. The molecule has 0 radical (unpaired) electrons. The summed E-state index contributed by atoms with van der Waals surface area (Å²) in [6, 6.07) is 5.48. The van der Waals surface area contributed by atoms with Crippen LogP contribution in [0, 0.1) is 6.92 Å². The molecule has 1 unspecified atom stereocenters. The Labute approximate surface area is 126 Å². The lowest BCUT2D eigenvalue weighted by Crippen LogP contribution is -2.24. The van der Waals surface area contributed by atoms with Crippen LogP contribution >= 0.6 is 11.3 Å². The number of benzene rings is 1. The second-order valence-corrected chi connectivity index (χ2v) is 5.82. The van der Waals surface area contributed by atoms with Gasteiger partial charge in [-0.15, -0.1) is 11.3 Å². The summed E-state index contributed by atoms with van der Waals surface area (Å²) in [5.74, 6) is 0.366. The number of carboxylic acid groups (broad SMARTS) is 1. The molecule has 6 heteroatoms. The number of thiazole rings is 1. The van der Waals surface area contributed by atoms with Gasteiger partial charge in [0.15, 0.2) is 6.10 Å². The maximum absolute atomic E-state index is 10.9. The number of aromatic nitrogens is 1. The molecule has 0 bridgehead atoms. The van der Waals surface area contributed by atoms with E-state index in [1.165, 1.54) is 4.88 Å². The number of aliphatic carboxylic acids is 1. The smallest absolute Gasteiger partial charge is 0.345 e. The Morgan fingerprint density at radius 3 is 3.14 bits per heavy atom. The normalized spacial score (nSPS) is 16.3. The van der Waals surface area contributed by atoms with Gasteiger partial charge in [-0.2, -0.15) is 0 Å². The molecule has 3 rings (SSSR count). The fraction of sp³-hybridized carbons (Fsp3) is 0.333. The number of nitrogens with zero attached hydrogens (tertiary/aromatic N) is 1. The van der Waals surface area contributed by atoms with Crippen LogP contribution in [0.1, 0.15) is 16.1 Å². The van der Waals surface area contributed by atoms with Crippen molar-refractivity contribution < 1.29 is 19.4 Å².